The highest BCUT2D eigenvalue weighted by atomic mass is 16.3. The van der Waals surface area contributed by atoms with Crippen molar-refractivity contribution in [3.05, 3.63) is 0 Å². The Bertz CT molecular complexity index is 182. The van der Waals surface area contributed by atoms with Gasteiger partial charge < -0.3 is 15.5 Å². The third-order valence-corrected chi connectivity index (χ3v) is 2.48. The molecule has 0 aliphatic carbocycles. The van der Waals surface area contributed by atoms with Crippen LogP contribution in [0.1, 0.15) is 27.7 Å². The first kappa shape index (κ1) is 13.4. The lowest BCUT2D eigenvalue weighted by Crippen LogP contribution is -2.45. The summed E-state index contributed by atoms with van der Waals surface area (Å²) in [5, 5.41) is 20.2. The van der Waals surface area contributed by atoms with Crippen molar-refractivity contribution in [1.29, 1.82) is 0 Å². The van der Waals surface area contributed by atoms with Gasteiger partial charge in [-0.05, 0) is 5.41 Å². The predicted octanol–water partition coefficient (Wildman–Crippen LogP) is 0.138. The number of aliphatic hydroxyl groups excluding tert-OH is 2. The Hall–Kier alpha value is -0.610. The fourth-order valence-electron chi connectivity index (χ4n) is 0.868. The fourth-order valence-corrected chi connectivity index (χ4v) is 0.868. The fraction of sp³-hybridized carbons (Fsp3) is 0.900. The molecule has 84 valence electrons. The van der Waals surface area contributed by atoms with E-state index in [0.717, 1.165) is 0 Å². The maximum atomic E-state index is 11.6. The molecule has 0 radical (unpaired) electrons. The van der Waals surface area contributed by atoms with E-state index in [2.05, 4.69) is 5.32 Å². The Morgan fingerprint density at radius 2 is 1.71 bits per heavy atom. The molecule has 0 saturated heterocycles. The van der Waals surface area contributed by atoms with E-state index >= 15 is 0 Å². The van der Waals surface area contributed by atoms with Gasteiger partial charge in [0.15, 0.2) is 0 Å². The minimum atomic E-state index is -0.549. The summed E-state index contributed by atoms with van der Waals surface area (Å²) < 4.78 is 0. The average Bonchev–Trinajstić information content (AvgIpc) is 2.11. The maximum absolute atomic E-state index is 11.6. The van der Waals surface area contributed by atoms with Crippen LogP contribution in [0.15, 0.2) is 0 Å². The first-order valence-electron chi connectivity index (χ1n) is 4.85. The van der Waals surface area contributed by atoms with Gasteiger partial charge in [0.1, 0.15) is 0 Å². The number of carbonyl (C=O) groups excluding carboxylic acids is 1. The molecular formula is C10H21NO3. The molecule has 0 aliphatic heterocycles. The molecular weight excluding hydrogens is 182 g/mol. The highest BCUT2D eigenvalue weighted by Gasteiger charge is 2.27. The molecule has 0 heterocycles. The molecule has 4 heteroatoms. The van der Waals surface area contributed by atoms with Crippen LogP contribution in [-0.2, 0) is 4.79 Å². The number of amides is 1. The van der Waals surface area contributed by atoms with Gasteiger partial charge >= 0.3 is 0 Å². The van der Waals surface area contributed by atoms with Crippen LogP contribution in [0.2, 0.25) is 0 Å². The molecule has 0 fully saturated rings. The maximum Gasteiger partial charge on any atom is 0.223 e. The van der Waals surface area contributed by atoms with Gasteiger partial charge in [0, 0.05) is 5.92 Å². The summed E-state index contributed by atoms with van der Waals surface area (Å²) in [6, 6.07) is -0.549. The molecule has 0 aromatic carbocycles. The van der Waals surface area contributed by atoms with E-state index in [1.807, 2.05) is 27.7 Å². The topological polar surface area (TPSA) is 69.6 Å². The van der Waals surface area contributed by atoms with Crippen LogP contribution in [0.25, 0.3) is 0 Å². The normalized spacial score (nSPS) is 14.2. The number of hydrogen-bond acceptors (Lipinski definition) is 3. The Balaban J connectivity index is 4.21. The molecule has 0 rings (SSSR count). The molecule has 0 saturated carbocycles. The molecule has 1 amide bonds. The summed E-state index contributed by atoms with van der Waals surface area (Å²) in [7, 11) is 0. The van der Waals surface area contributed by atoms with Crippen molar-refractivity contribution in [2.45, 2.75) is 33.7 Å². The summed E-state index contributed by atoms with van der Waals surface area (Å²) in [4.78, 5) is 11.6. The summed E-state index contributed by atoms with van der Waals surface area (Å²) in [6.07, 6.45) is 0. The molecule has 0 aromatic heterocycles. The number of rotatable bonds is 4. The third kappa shape index (κ3) is 4.07. The van der Waals surface area contributed by atoms with Gasteiger partial charge in [-0.15, -0.1) is 0 Å². The van der Waals surface area contributed by atoms with Crippen LogP contribution in [-0.4, -0.2) is 35.4 Å². The number of nitrogens with one attached hydrogen (secondary N) is 1. The Morgan fingerprint density at radius 3 is 2.00 bits per heavy atom. The molecule has 1 atom stereocenters. The molecule has 4 nitrogen and oxygen atoms in total. The molecule has 14 heavy (non-hydrogen) atoms. The number of aliphatic hydroxyl groups is 2. The Labute approximate surface area is 85.3 Å². The van der Waals surface area contributed by atoms with Gasteiger partial charge in [-0.1, -0.05) is 27.7 Å². The first-order valence-corrected chi connectivity index (χ1v) is 4.85. The molecule has 0 aliphatic rings. The van der Waals surface area contributed by atoms with E-state index in [1.165, 1.54) is 0 Å². The van der Waals surface area contributed by atoms with Gasteiger partial charge in [-0.25, -0.2) is 0 Å². The van der Waals surface area contributed by atoms with Crippen LogP contribution >= 0.6 is 0 Å². The van der Waals surface area contributed by atoms with Crippen LogP contribution in [0.4, 0.5) is 0 Å². The van der Waals surface area contributed by atoms with Crippen LogP contribution < -0.4 is 5.32 Å². The summed E-state index contributed by atoms with van der Waals surface area (Å²) >= 11 is 0. The van der Waals surface area contributed by atoms with Gasteiger partial charge in [0.2, 0.25) is 5.91 Å². The molecule has 3 N–H and O–H groups in total. The Kier molecular flexibility index (Phi) is 5.08. The smallest absolute Gasteiger partial charge is 0.223 e. The largest absolute Gasteiger partial charge is 0.394 e. The molecule has 0 aromatic rings. The zero-order chi connectivity index (χ0) is 11.4. The van der Waals surface area contributed by atoms with E-state index in [4.69, 9.17) is 10.2 Å². The van der Waals surface area contributed by atoms with E-state index < -0.39 is 6.04 Å². The van der Waals surface area contributed by atoms with Gasteiger partial charge in [-0.2, -0.15) is 0 Å². The standard InChI is InChI=1S/C10H21NO3/c1-7(10(2,3)4)9(14)11-8(5-12)6-13/h7-8,12-13H,5-6H2,1-4H3,(H,11,14). The van der Waals surface area contributed by atoms with Gasteiger partial charge in [0.05, 0.1) is 19.3 Å². The summed E-state index contributed by atoms with van der Waals surface area (Å²) in [6.45, 7) is 7.29. The molecule has 1 unspecified atom stereocenters. The lowest BCUT2D eigenvalue weighted by Gasteiger charge is -2.27. The van der Waals surface area contributed by atoms with Gasteiger partial charge in [0.25, 0.3) is 0 Å². The number of hydrogen-bond donors (Lipinski definition) is 3. The quantitative estimate of drug-likeness (QED) is 0.608. The van der Waals surface area contributed by atoms with E-state index in [0.29, 0.717) is 0 Å². The second kappa shape index (κ2) is 5.32. The SMILES string of the molecule is CC(C(=O)NC(CO)CO)C(C)(C)C. The van der Waals surface area contributed by atoms with E-state index in [9.17, 15) is 4.79 Å². The highest BCUT2D eigenvalue weighted by molar-refractivity contribution is 5.79. The summed E-state index contributed by atoms with van der Waals surface area (Å²) in [5.41, 5.74) is -0.112. The van der Waals surface area contributed by atoms with E-state index in [-0.39, 0.29) is 30.5 Å². The highest BCUT2D eigenvalue weighted by Crippen LogP contribution is 2.25. The zero-order valence-corrected chi connectivity index (χ0v) is 9.37. The molecule has 0 spiro atoms. The van der Waals surface area contributed by atoms with E-state index in [1.54, 1.807) is 0 Å². The third-order valence-electron chi connectivity index (χ3n) is 2.48. The van der Waals surface area contributed by atoms with Crippen molar-refractivity contribution >= 4 is 5.91 Å². The van der Waals surface area contributed by atoms with Crippen molar-refractivity contribution in [3.63, 3.8) is 0 Å². The average molecular weight is 203 g/mol. The molecule has 0 bridgehead atoms. The minimum absolute atomic E-state index is 0.112. The predicted molar refractivity (Wildman–Crippen MR) is 54.7 cm³/mol. The van der Waals surface area contributed by atoms with Crippen molar-refractivity contribution in [1.82, 2.24) is 5.32 Å². The minimum Gasteiger partial charge on any atom is -0.394 e. The van der Waals surface area contributed by atoms with Crippen LogP contribution in [0.3, 0.4) is 0 Å². The van der Waals surface area contributed by atoms with Crippen LogP contribution in [0.5, 0.6) is 0 Å². The van der Waals surface area contributed by atoms with Crippen molar-refractivity contribution in [3.8, 4) is 0 Å². The van der Waals surface area contributed by atoms with Crippen molar-refractivity contribution < 1.29 is 15.0 Å². The first-order chi connectivity index (χ1) is 6.32. The summed E-state index contributed by atoms with van der Waals surface area (Å²) in [5.74, 6) is -0.284. The Morgan fingerprint density at radius 1 is 1.29 bits per heavy atom. The zero-order valence-electron chi connectivity index (χ0n) is 9.37. The van der Waals surface area contributed by atoms with Gasteiger partial charge in [-0.3, -0.25) is 4.79 Å². The van der Waals surface area contributed by atoms with Crippen LogP contribution in [0, 0.1) is 11.3 Å². The lowest BCUT2D eigenvalue weighted by atomic mass is 9.81. The van der Waals surface area contributed by atoms with Crippen molar-refractivity contribution in [2.75, 3.05) is 13.2 Å². The second-order valence-electron chi connectivity index (χ2n) is 4.66. The second-order valence-corrected chi connectivity index (χ2v) is 4.66. The number of carbonyl (C=O) groups is 1. The van der Waals surface area contributed by atoms with Crippen molar-refractivity contribution in [2.24, 2.45) is 11.3 Å². The monoisotopic (exact) mass is 203 g/mol. The lowest BCUT2D eigenvalue weighted by molar-refractivity contribution is -0.128.